The molecule has 0 bridgehead atoms. The number of amides is 1. The lowest BCUT2D eigenvalue weighted by atomic mass is 10.1. The summed E-state index contributed by atoms with van der Waals surface area (Å²) in [6.07, 6.45) is -3.29. The van der Waals surface area contributed by atoms with Gasteiger partial charge in [-0.2, -0.15) is 18.3 Å². The average Bonchev–Trinajstić information content (AvgIpc) is 2.99. The van der Waals surface area contributed by atoms with E-state index in [4.69, 9.17) is 30.5 Å². The third-order valence-corrected chi connectivity index (χ3v) is 6.21. The van der Waals surface area contributed by atoms with Crippen LogP contribution in [0.25, 0.3) is 0 Å². The maximum atomic E-state index is 12.9. The summed E-state index contributed by atoms with van der Waals surface area (Å²) in [5.41, 5.74) is 3.36. The second kappa shape index (κ2) is 13.8. The van der Waals surface area contributed by atoms with E-state index in [0.29, 0.717) is 29.4 Å². The van der Waals surface area contributed by atoms with Crippen LogP contribution in [0.5, 0.6) is 23.0 Å². The van der Waals surface area contributed by atoms with Crippen LogP contribution in [-0.2, 0) is 19.4 Å². The Kier molecular flexibility index (Phi) is 9.93. The van der Waals surface area contributed by atoms with Gasteiger partial charge >= 0.3 is 6.18 Å². The summed E-state index contributed by atoms with van der Waals surface area (Å²) in [4.78, 5) is 12.3. The number of nitrogens with zero attached hydrogens (tertiary/aromatic N) is 1. The van der Waals surface area contributed by atoms with Crippen LogP contribution in [0.2, 0.25) is 5.02 Å². The van der Waals surface area contributed by atoms with Crippen LogP contribution in [0.15, 0.2) is 90.0 Å². The minimum absolute atomic E-state index is 0.145. The number of hydrogen-bond acceptors (Lipinski definition) is 6. The molecule has 0 heterocycles. The Morgan fingerprint density at radius 1 is 0.833 bits per heavy atom. The van der Waals surface area contributed by atoms with E-state index < -0.39 is 17.6 Å². The molecule has 0 saturated carbocycles. The Balaban J connectivity index is 1.40. The van der Waals surface area contributed by atoms with Gasteiger partial charge in [0.1, 0.15) is 13.2 Å². The normalized spacial score (nSPS) is 11.3. The monoisotopic (exact) mass is 598 g/mol. The molecule has 0 unspecified atom stereocenters. The van der Waals surface area contributed by atoms with Crippen LogP contribution in [0.1, 0.15) is 32.6 Å². The third-order valence-electron chi connectivity index (χ3n) is 5.93. The first kappa shape index (κ1) is 30.3. The zero-order chi connectivity index (χ0) is 30.1. The fourth-order valence-electron chi connectivity index (χ4n) is 3.83. The summed E-state index contributed by atoms with van der Waals surface area (Å²) in [6.45, 7) is 0.538. The summed E-state index contributed by atoms with van der Waals surface area (Å²) in [5.74, 6) is 0.922. The Morgan fingerprint density at radius 2 is 1.57 bits per heavy atom. The Labute approximate surface area is 245 Å². The number of hydrazone groups is 1. The average molecular weight is 599 g/mol. The molecule has 0 aliphatic rings. The summed E-state index contributed by atoms with van der Waals surface area (Å²) in [6, 6.07) is 22.4. The molecule has 0 atom stereocenters. The number of halogens is 4. The van der Waals surface area contributed by atoms with Crippen molar-refractivity contribution in [2.45, 2.75) is 19.4 Å². The maximum Gasteiger partial charge on any atom is 0.416 e. The molecule has 11 heteroatoms. The number of ether oxygens (including phenoxy) is 4. The standard InChI is InChI=1S/C31H26ClF3N2O5/c1-39-27-14-21(11-12-26(27)41-18-20-7-4-3-5-8-20)19-42-29-25(32)13-22(15-28(29)40-2)17-36-37-30(38)23-9-6-10-24(16-23)31(33,34)35/h3-17H,18-19H2,1-2H3,(H,37,38)/b36-17+. The zero-order valence-corrected chi connectivity index (χ0v) is 23.3. The highest BCUT2D eigenvalue weighted by molar-refractivity contribution is 6.32. The van der Waals surface area contributed by atoms with Gasteiger partial charge in [-0.05, 0) is 59.2 Å². The van der Waals surface area contributed by atoms with Crippen molar-refractivity contribution in [1.29, 1.82) is 0 Å². The highest BCUT2D eigenvalue weighted by atomic mass is 35.5. The van der Waals surface area contributed by atoms with Crippen molar-refractivity contribution in [1.82, 2.24) is 5.43 Å². The van der Waals surface area contributed by atoms with Gasteiger partial charge in [0.15, 0.2) is 23.0 Å². The summed E-state index contributed by atoms with van der Waals surface area (Å²) >= 11 is 6.46. The number of hydrogen-bond donors (Lipinski definition) is 1. The Morgan fingerprint density at radius 3 is 2.29 bits per heavy atom. The predicted molar refractivity (Wildman–Crippen MR) is 153 cm³/mol. The molecule has 4 aromatic rings. The lowest BCUT2D eigenvalue weighted by Crippen LogP contribution is -2.18. The molecule has 0 spiro atoms. The lowest BCUT2D eigenvalue weighted by Gasteiger charge is -2.15. The van der Waals surface area contributed by atoms with Gasteiger partial charge in [0, 0.05) is 5.56 Å². The SMILES string of the molecule is COc1cc(COc2c(Cl)cc(/C=N/NC(=O)c3cccc(C(F)(F)F)c3)cc2OC)ccc1OCc1ccccc1. The molecule has 218 valence electrons. The minimum atomic E-state index is -4.57. The van der Waals surface area contributed by atoms with Crippen LogP contribution < -0.4 is 24.4 Å². The summed E-state index contributed by atoms with van der Waals surface area (Å²) in [7, 11) is 2.99. The summed E-state index contributed by atoms with van der Waals surface area (Å²) < 4.78 is 61.5. The molecule has 0 aliphatic carbocycles. The molecule has 0 saturated heterocycles. The van der Waals surface area contributed by atoms with Crippen LogP contribution in [0.3, 0.4) is 0 Å². The van der Waals surface area contributed by atoms with Gasteiger partial charge in [0.25, 0.3) is 5.91 Å². The molecule has 1 amide bonds. The lowest BCUT2D eigenvalue weighted by molar-refractivity contribution is -0.137. The number of alkyl halides is 3. The van der Waals surface area contributed by atoms with Gasteiger partial charge in [-0.1, -0.05) is 54.1 Å². The van der Waals surface area contributed by atoms with Crippen molar-refractivity contribution in [3.8, 4) is 23.0 Å². The molecule has 0 aromatic heterocycles. The number of benzene rings is 4. The van der Waals surface area contributed by atoms with E-state index in [1.54, 1.807) is 31.4 Å². The second-order valence-corrected chi connectivity index (χ2v) is 9.27. The van der Waals surface area contributed by atoms with Gasteiger partial charge in [-0.15, -0.1) is 0 Å². The quantitative estimate of drug-likeness (QED) is 0.145. The number of rotatable bonds is 11. The van der Waals surface area contributed by atoms with Gasteiger partial charge in [-0.3, -0.25) is 4.79 Å². The third kappa shape index (κ3) is 7.94. The first-order chi connectivity index (χ1) is 20.2. The van der Waals surface area contributed by atoms with E-state index in [1.807, 2.05) is 36.4 Å². The van der Waals surface area contributed by atoms with Crippen molar-refractivity contribution in [3.05, 3.63) is 118 Å². The van der Waals surface area contributed by atoms with E-state index in [1.165, 1.54) is 19.4 Å². The van der Waals surface area contributed by atoms with Crippen molar-refractivity contribution in [2.24, 2.45) is 5.10 Å². The molecule has 1 N–H and O–H groups in total. The number of carbonyl (C=O) groups excluding carboxylic acids is 1. The van der Waals surface area contributed by atoms with E-state index in [-0.39, 0.29) is 22.9 Å². The van der Waals surface area contributed by atoms with Crippen molar-refractivity contribution in [3.63, 3.8) is 0 Å². The molecular formula is C31H26ClF3N2O5. The predicted octanol–water partition coefficient (Wildman–Crippen LogP) is 7.30. The van der Waals surface area contributed by atoms with E-state index in [9.17, 15) is 18.0 Å². The Bertz CT molecular complexity index is 1560. The topological polar surface area (TPSA) is 78.4 Å². The van der Waals surface area contributed by atoms with Crippen LogP contribution in [0.4, 0.5) is 13.2 Å². The molecule has 4 aromatic carbocycles. The molecule has 42 heavy (non-hydrogen) atoms. The largest absolute Gasteiger partial charge is 0.493 e. The molecule has 4 rings (SSSR count). The Hall–Kier alpha value is -4.70. The molecular weight excluding hydrogens is 573 g/mol. The highest BCUT2D eigenvalue weighted by Gasteiger charge is 2.30. The van der Waals surface area contributed by atoms with E-state index in [2.05, 4.69) is 10.5 Å². The van der Waals surface area contributed by atoms with Gasteiger partial charge < -0.3 is 18.9 Å². The first-order valence-corrected chi connectivity index (χ1v) is 12.9. The van der Waals surface area contributed by atoms with Crippen LogP contribution >= 0.6 is 11.6 Å². The number of methoxy groups -OCH3 is 2. The van der Waals surface area contributed by atoms with E-state index in [0.717, 1.165) is 29.3 Å². The van der Waals surface area contributed by atoms with Crippen molar-refractivity contribution < 1.29 is 36.9 Å². The van der Waals surface area contributed by atoms with E-state index >= 15 is 0 Å². The maximum absolute atomic E-state index is 12.9. The number of carbonyl (C=O) groups is 1. The first-order valence-electron chi connectivity index (χ1n) is 12.5. The van der Waals surface area contributed by atoms with Crippen LogP contribution in [-0.4, -0.2) is 26.3 Å². The molecule has 0 fully saturated rings. The van der Waals surface area contributed by atoms with Gasteiger partial charge in [0.05, 0.1) is 31.0 Å². The molecule has 0 aliphatic heterocycles. The number of nitrogens with one attached hydrogen (secondary N) is 1. The van der Waals surface area contributed by atoms with Crippen molar-refractivity contribution >= 4 is 23.7 Å². The molecule has 7 nitrogen and oxygen atoms in total. The fraction of sp³-hybridized carbons (Fsp3) is 0.161. The highest BCUT2D eigenvalue weighted by Crippen LogP contribution is 2.37. The smallest absolute Gasteiger partial charge is 0.416 e. The zero-order valence-electron chi connectivity index (χ0n) is 22.6. The van der Waals surface area contributed by atoms with Crippen LogP contribution in [0, 0.1) is 0 Å². The van der Waals surface area contributed by atoms with Crippen molar-refractivity contribution in [2.75, 3.05) is 14.2 Å². The van der Waals surface area contributed by atoms with Gasteiger partial charge in [0.2, 0.25) is 0 Å². The fourth-order valence-corrected chi connectivity index (χ4v) is 4.11. The summed E-state index contributed by atoms with van der Waals surface area (Å²) in [5, 5.41) is 4.04. The van der Waals surface area contributed by atoms with Gasteiger partial charge in [-0.25, -0.2) is 5.43 Å². The molecule has 0 radical (unpaired) electrons. The minimum Gasteiger partial charge on any atom is -0.493 e. The second-order valence-electron chi connectivity index (χ2n) is 8.86.